The molecule has 5 nitrogen and oxygen atoms in total. The molecule has 0 amide bonds. The quantitative estimate of drug-likeness (QED) is 0.863. The van der Waals surface area contributed by atoms with E-state index in [4.69, 9.17) is 9.47 Å². The first-order chi connectivity index (χ1) is 10.1. The monoisotopic (exact) mass is 283 g/mol. The van der Waals surface area contributed by atoms with E-state index in [-0.39, 0.29) is 0 Å². The molecule has 1 aromatic carbocycles. The highest BCUT2D eigenvalue weighted by molar-refractivity contribution is 5.92. The van der Waals surface area contributed by atoms with E-state index in [2.05, 4.69) is 11.1 Å². The van der Waals surface area contributed by atoms with Gasteiger partial charge in [-0.15, -0.1) is 0 Å². The lowest BCUT2D eigenvalue weighted by Gasteiger charge is -2.11. The lowest BCUT2D eigenvalue weighted by molar-refractivity contribution is 0.356. The number of nitriles is 1. The molecule has 0 saturated heterocycles. The van der Waals surface area contributed by atoms with Crippen molar-refractivity contribution in [1.82, 2.24) is 9.88 Å². The summed E-state index contributed by atoms with van der Waals surface area (Å²) >= 11 is 0. The van der Waals surface area contributed by atoms with Crippen LogP contribution in [0, 0.1) is 11.3 Å². The van der Waals surface area contributed by atoms with Crippen LogP contribution in [0.3, 0.4) is 0 Å². The molecule has 0 aliphatic carbocycles. The lowest BCUT2D eigenvalue weighted by Crippen LogP contribution is -2.00. The number of aromatic nitrogens is 1. The van der Waals surface area contributed by atoms with Gasteiger partial charge in [0.2, 0.25) is 0 Å². The molecule has 2 aromatic rings. The van der Waals surface area contributed by atoms with E-state index in [1.165, 1.54) is 0 Å². The van der Waals surface area contributed by atoms with Crippen molar-refractivity contribution in [1.29, 1.82) is 5.26 Å². The molecule has 0 aliphatic rings. The van der Waals surface area contributed by atoms with E-state index >= 15 is 0 Å². The molecule has 5 heteroatoms. The number of pyridine rings is 1. The van der Waals surface area contributed by atoms with Crippen LogP contribution in [-0.4, -0.2) is 38.2 Å². The predicted octanol–water partition coefficient (Wildman–Crippen LogP) is 2.66. The molecule has 0 aliphatic heterocycles. The van der Waals surface area contributed by atoms with E-state index < -0.39 is 0 Å². The van der Waals surface area contributed by atoms with Gasteiger partial charge < -0.3 is 14.4 Å². The summed E-state index contributed by atoms with van der Waals surface area (Å²) in [6.45, 7) is 0. The van der Waals surface area contributed by atoms with Crippen LogP contribution in [-0.2, 0) is 0 Å². The van der Waals surface area contributed by atoms with Gasteiger partial charge in [0.1, 0.15) is 6.07 Å². The normalized spacial score (nSPS) is 10.6. The Balaban J connectivity index is 2.76. The molecule has 0 radical (unpaired) electrons. The molecule has 0 spiro atoms. The lowest BCUT2D eigenvalue weighted by atomic mass is 10.0. The van der Waals surface area contributed by atoms with Gasteiger partial charge in [0.15, 0.2) is 11.5 Å². The largest absolute Gasteiger partial charge is 0.493 e. The summed E-state index contributed by atoms with van der Waals surface area (Å²) in [5.74, 6) is 1.23. The standard InChI is InChI=1S/C16H17N3O2/c1-19(2)6-5-12-11(9-17)10-18-14-8-16(21-4)15(20-3)7-13(12)14/h5-8,10H,1-4H3. The fourth-order valence-electron chi connectivity index (χ4n) is 2.03. The smallest absolute Gasteiger partial charge is 0.162 e. The fraction of sp³-hybridized carbons (Fsp3) is 0.250. The molecule has 2 rings (SSSR count). The molecular weight excluding hydrogens is 266 g/mol. The zero-order valence-corrected chi connectivity index (χ0v) is 12.5. The Bertz CT molecular complexity index is 730. The van der Waals surface area contributed by atoms with Gasteiger partial charge in [0, 0.05) is 37.3 Å². The van der Waals surface area contributed by atoms with Crippen LogP contribution in [0.4, 0.5) is 0 Å². The number of benzene rings is 1. The topological polar surface area (TPSA) is 58.4 Å². The number of rotatable bonds is 4. The third kappa shape index (κ3) is 2.90. The molecule has 0 bridgehead atoms. The van der Waals surface area contributed by atoms with E-state index in [0.717, 1.165) is 16.5 Å². The van der Waals surface area contributed by atoms with E-state index in [1.807, 2.05) is 43.4 Å². The second kappa shape index (κ2) is 6.14. The number of fused-ring (bicyclic) bond motifs is 1. The van der Waals surface area contributed by atoms with Crippen molar-refractivity contribution in [2.75, 3.05) is 28.3 Å². The number of nitrogens with zero attached hydrogens (tertiary/aromatic N) is 3. The summed E-state index contributed by atoms with van der Waals surface area (Å²) in [7, 11) is 7.02. The van der Waals surface area contributed by atoms with Crippen molar-refractivity contribution in [3.8, 4) is 17.6 Å². The first-order valence-corrected chi connectivity index (χ1v) is 6.40. The van der Waals surface area contributed by atoms with Gasteiger partial charge in [-0.25, -0.2) is 0 Å². The van der Waals surface area contributed by atoms with Crippen molar-refractivity contribution in [2.24, 2.45) is 0 Å². The molecule has 0 saturated carbocycles. The fourth-order valence-corrected chi connectivity index (χ4v) is 2.03. The van der Waals surface area contributed by atoms with Crippen LogP contribution < -0.4 is 9.47 Å². The van der Waals surface area contributed by atoms with Gasteiger partial charge in [-0.1, -0.05) is 0 Å². The molecule has 0 fully saturated rings. The van der Waals surface area contributed by atoms with Crippen LogP contribution in [0.5, 0.6) is 11.5 Å². The summed E-state index contributed by atoms with van der Waals surface area (Å²) in [5, 5.41) is 10.1. The van der Waals surface area contributed by atoms with Gasteiger partial charge >= 0.3 is 0 Å². The molecule has 1 aromatic heterocycles. The Morgan fingerprint density at radius 1 is 1.19 bits per heavy atom. The minimum Gasteiger partial charge on any atom is -0.493 e. The summed E-state index contributed by atoms with van der Waals surface area (Å²) in [5.41, 5.74) is 2.09. The second-order valence-corrected chi connectivity index (χ2v) is 4.70. The second-order valence-electron chi connectivity index (χ2n) is 4.70. The number of methoxy groups -OCH3 is 2. The maximum Gasteiger partial charge on any atom is 0.162 e. The van der Waals surface area contributed by atoms with Crippen LogP contribution in [0.1, 0.15) is 11.1 Å². The maximum atomic E-state index is 9.28. The minimum atomic E-state index is 0.521. The van der Waals surface area contributed by atoms with Crippen LogP contribution >= 0.6 is 0 Å². The molecule has 108 valence electrons. The molecule has 1 heterocycles. The molecule has 0 atom stereocenters. The van der Waals surface area contributed by atoms with Crippen molar-refractivity contribution in [2.45, 2.75) is 0 Å². The average Bonchev–Trinajstić information content (AvgIpc) is 2.50. The van der Waals surface area contributed by atoms with Gasteiger partial charge in [-0.2, -0.15) is 5.26 Å². The van der Waals surface area contributed by atoms with Crippen LogP contribution in [0.25, 0.3) is 17.0 Å². The number of ether oxygens (including phenoxy) is 2. The first kappa shape index (κ1) is 14.7. The van der Waals surface area contributed by atoms with Crippen molar-refractivity contribution in [3.05, 3.63) is 35.7 Å². The van der Waals surface area contributed by atoms with Gasteiger partial charge in [0.05, 0.1) is 25.3 Å². The third-order valence-electron chi connectivity index (χ3n) is 3.07. The molecule has 0 N–H and O–H groups in total. The van der Waals surface area contributed by atoms with Crippen LogP contribution in [0.15, 0.2) is 24.5 Å². The third-order valence-corrected chi connectivity index (χ3v) is 3.07. The highest BCUT2D eigenvalue weighted by Crippen LogP contribution is 2.34. The minimum absolute atomic E-state index is 0.521. The van der Waals surface area contributed by atoms with Gasteiger partial charge in [-0.05, 0) is 18.3 Å². The van der Waals surface area contributed by atoms with Gasteiger partial charge in [-0.3, -0.25) is 4.98 Å². The molecule has 21 heavy (non-hydrogen) atoms. The zero-order chi connectivity index (χ0) is 15.4. The Morgan fingerprint density at radius 3 is 2.43 bits per heavy atom. The summed E-state index contributed by atoms with van der Waals surface area (Å²) in [6, 6.07) is 5.83. The number of hydrogen-bond donors (Lipinski definition) is 0. The molecular formula is C16H17N3O2. The Morgan fingerprint density at radius 2 is 1.86 bits per heavy atom. The Kier molecular flexibility index (Phi) is 4.29. The molecule has 0 unspecified atom stereocenters. The highest BCUT2D eigenvalue weighted by Gasteiger charge is 2.12. The van der Waals surface area contributed by atoms with Crippen molar-refractivity contribution >= 4 is 17.0 Å². The van der Waals surface area contributed by atoms with Crippen LogP contribution in [0.2, 0.25) is 0 Å². The Labute approximate surface area is 124 Å². The van der Waals surface area contributed by atoms with Crippen molar-refractivity contribution < 1.29 is 9.47 Å². The van der Waals surface area contributed by atoms with Crippen molar-refractivity contribution in [3.63, 3.8) is 0 Å². The summed E-state index contributed by atoms with van der Waals surface area (Å²) in [4.78, 5) is 6.23. The Hall–Kier alpha value is -2.74. The average molecular weight is 283 g/mol. The van der Waals surface area contributed by atoms with E-state index in [1.54, 1.807) is 20.4 Å². The zero-order valence-electron chi connectivity index (χ0n) is 12.5. The predicted molar refractivity (Wildman–Crippen MR) is 82.3 cm³/mol. The number of hydrogen-bond acceptors (Lipinski definition) is 5. The summed E-state index contributed by atoms with van der Waals surface area (Å²) in [6.07, 6.45) is 5.37. The van der Waals surface area contributed by atoms with E-state index in [0.29, 0.717) is 17.1 Å². The first-order valence-electron chi connectivity index (χ1n) is 6.40. The SMILES string of the molecule is COc1cc2ncc(C#N)c(C=CN(C)C)c2cc1OC. The maximum absolute atomic E-state index is 9.28. The highest BCUT2D eigenvalue weighted by atomic mass is 16.5. The van der Waals surface area contributed by atoms with E-state index in [9.17, 15) is 5.26 Å². The summed E-state index contributed by atoms with van der Waals surface area (Å²) < 4.78 is 10.6. The van der Waals surface area contributed by atoms with Gasteiger partial charge in [0.25, 0.3) is 0 Å².